The van der Waals surface area contributed by atoms with Crippen molar-refractivity contribution in [3.63, 3.8) is 0 Å². The average Bonchev–Trinajstić information content (AvgIpc) is 2.99. The summed E-state index contributed by atoms with van der Waals surface area (Å²) in [5, 5.41) is 4.54. The molecular weight excluding hydrogens is 298 g/mol. The summed E-state index contributed by atoms with van der Waals surface area (Å²) >= 11 is 0. The monoisotopic (exact) mass is 321 g/mol. The first-order valence-electron chi connectivity index (χ1n) is 8.67. The molecule has 0 radical (unpaired) electrons. The topological polar surface area (TPSA) is 46.3 Å². The van der Waals surface area contributed by atoms with Crippen molar-refractivity contribution in [1.29, 1.82) is 0 Å². The summed E-state index contributed by atoms with van der Waals surface area (Å²) < 4.78 is 1.95. The molecule has 1 saturated heterocycles. The third-order valence-corrected chi connectivity index (χ3v) is 4.91. The van der Waals surface area contributed by atoms with E-state index in [4.69, 9.17) is 4.98 Å². The van der Waals surface area contributed by atoms with Crippen LogP contribution in [0, 0.1) is 13.8 Å². The molecule has 1 fully saturated rings. The average molecular weight is 321 g/mol. The van der Waals surface area contributed by atoms with Gasteiger partial charge < -0.3 is 0 Å². The Kier molecular flexibility index (Phi) is 4.02. The van der Waals surface area contributed by atoms with Gasteiger partial charge in [-0.3, -0.25) is 9.88 Å². The van der Waals surface area contributed by atoms with Gasteiger partial charge in [0.2, 0.25) is 0 Å². The fraction of sp³-hybridized carbons (Fsp3) is 0.421. The van der Waals surface area contributed by atoms with Crippen molar-refractivity contribution in [2.45, 2.75) is 45.7 Å². The summed E-state index contributed by atoms with van der Waals surface area (Å²) in [6.07, 6.45) is 9.55. The van der Waals surface area contributed by atoms with Crippen LogP contribution >= 0.6 is 0 Å². The molecule has 0 unspecified atom stereocenters. The number of hydrogen-bond acceptors (Lipinski definition) is 4. The SMILES string of the molecule is Cc1cc(C)n2ncc(CN3CCCC[C@@H]3c3cccnc3)c2n1. The fourth-order valence-electron chi connectivity index (χ4n) is 3.78. The molecule has 5 nitrogen and oxygen atoms in total. The van der Waals surface area contributed by atoms with Gasteiger partial charge in [-0.25, -0.2) is 9.50 Å². The molecule has 0 aromatic carbocycles. The summed E-state index contributed by atoms with van der Waals surface area (Å²) in [5.74, 6) is 0. The van der Waals surface area contributed by atoms with Crippen LogP contribution in [0.15, 0.2) is 36.8 Å². The van der Waals surface area contributed by atoms with E-state index in [1.54, 1.807) is 0 Å². The van der Waals surface area contributed by atoms with Crippen LogP contribution in [-0.2, 0) is 6.54 Å². The predicted octanol–water partition coefficient (Wildman–Crippen LogP) is 3.47. The first kappa shape index (κ1) is 15.3. The molecule has 1 atom stereocenters. The summed E-state index contributed by atoms with van der Waals surface area (Å²) in [5.41, 5.74) is 5.69. The third kappa shape index (κ3) is 2.80. The number of likely N-dealkylation sites (tertiary alicyclic amines) is 1. The van der Waals surface area contributed by atoms with Crippen LogP contribution in [0.3, 0.4) is 0 Å². The lowest BCUT2D eigenvalue weighted by atomic mass is 9.96. The van der Waals surface area contributed by atoms with Crippen molar-refractivity contribution in [2.24, 2.45) is 0 Å². The molecule has 1 aliphatic heterocycles. The number of pyridine rings is 1. The van der Waals surface area contributed by atoms with E-state index in [1.165, 1.54) is 30.4 Å². The molecule has 1 aliphatic rings. The zero-order chi connectivity index (χ0) is 16.5. The molecule has 0 spiro atoms. The molecule has 5 heteroatoms. The van der Waals surface area contributed by atoms with Gasteiger partial charge in [-0.2, -0.15) is 5.10 Å². The summed E-state index contributed by atoms with van der Waals surface area (Å²) in [4.78, 5) is 11.6. The van der Waals surface area contributed by atoms with Gasteiger partial charge in [0, 0.05) is 41.9 Å². The van der Waals surface area contributed by atoms with Crippen LogP contribution in [0.4, 0.5) is 0 Å². The lowest BCUT2D eigenvalue weighted by Crippen LogP contribution is -2.33. The molecule has 4 rings (SSSR count). The molecule has 124 valence electrons. The molecule has 3 aromatic heterocycles. The predicted molar refractivity (Wildman–Crippen MR) is 93.7 cm³/mol. The molecule has 4 heterocycles. The van der Waals surface area contributed by atoms with Gasteiger partial charge in [0.05, 0.1) is 6.20 Å². The molecule has 0 bridgehead atoms. The highest BCUT2D eigenvalue weighted by Crippen LogP contribution is 2.32. The second-order valence-corrected chi connectivity index (χ2v) is 6.71. The number of piperidine rings is 1. The minimum atomic E-state index is 0.438. The maximum atomic E-state index is 4.72. The van der Waals surface area contributed by atoms with Crippen molar-refractivity contribution < 1.29 is 0 Å². The van der Waals surface area contributed by atoms with Crippen molar-refractivity contribution in [3.8, 4) is 0 Å². The van der Waals surface area contributed by atoms with Crippen LogP contribution in [0.2, 0.25) is 0 Å². The number of hydrogen-bond donors (Lipinski definition) is 0. The van der Waals surface area contributed by atoms with Gasteiger partial charge in [-0.1, -0.05) is 12.5 Å². The molecule has 0 saturated carbocycles. The minimum Gasteiger partial charge on any atom is -0.292 e. The van der Waals surface area contributed by atoms with E-state index in [1.807, 2.05) is 36.1 Å². The lowest BCUT2D eigenvalue weighted by Gasteiger charge is -2.35. The Morgan fingerprint density at radius 1 is 1.21 bits per heavy atom. The molecule has 0 aliphatic carbocycles. The van der Waals surface area contributed by atoms with E-state index >= 15 is 0 Å². The summed E-state index contributed by atoms with van der Waals surface area (Å²) in [7, 11) is 0. The van der Waals surface area contributed by atoms with E-state index in [0.717, 1.165) is 30.1 Å². The van der Waals surface area contributed by atoms with Gasteiger partial charge in [0.15, 0.2) is 5.65 Å². The highest BCUT2D eigenvalue weighted by Gasteiger charge is 2.25. The first-order valence-corrected chi connectivity index (χ1v) is 8.67. The first-order chi connectivity index (χ1) is 11.7. The van der Waals surface area contributed by atoms with Crippen molar-refractivity contribution in [3.05, 3.63) is 59.3 Å². The Morgan fingerprint density at radius 2 is 2.12 bits per heavy atom. The molecule has 0 amide bonds. The van der Waals surface area contributed by atoms with E-state index in [9.17, 15) is 0 Å². The van der Waals surface area contributed by atoms with Gasteiger partial charge in [-0.15, -0.1) is 0 Å². The summed E-state index contributed by atoms with van der Waals surface area (Å²) in [6, 6.07) is 6.74. The van der Waals surface area contributed by atoms with E-state index in [2.05, 4.69) is 34.0 Å². The maximum absolute atomic E-state index is 4.72. The van der Waals surface area contributed by atoms with Crippen molar-refractivity contribution >= 4 is 5.65 Å². The van der Waals surface area contributed by atoms with Crippen LogP contribution in [0.25, 0.3) is 5.65 Å². The highest BCUT2D eigenvalue weighted by molar-refractivity contribution is 5.48. The number of aromatic nitrogens is 4. The Morgan fingerprint density at radius 3 is 2.96 bits per heavy atom. The Balaban J connectivity index is 1.66. The zero-order valence-corrected chi connectivity index (χ0v) is 14.3. The third-order valence-electron chi connectivity index (χ3n) is 4.91. The van der Waals surface area contributed by atoms with Gasteiger partial charge in [0.25, 0.3) is 0 Å². The fourth-order valence-corrected chi connectivity index (χ4v) is 3.78. The van der Waals surface area contributed by atoms with E-state index in [0.29, 0.717) is 6.04 Å². The quantitative estimate of drug-likeness (QED) is 0.741. The standard InChI is InChI=1S/C19H23N5/c1-14-10-15(2)24-19(22-14)17(12-21-24)13-23-9-4-3-7-18(23)16-6-5-8-20-11-16/h5-6,8,10-12,18H,3-4,7,9,13H2,1-2H3/t18-/m1/s1. The van der Waals surface area contributed by atoms with E-state index in [-0.39, 0.29) is 0 Å². The number of fused-ring (bicyclic) bond motifs is 1. The largest absolute Gasteiger partial charge is 0.292 e. The minimum absolute atomic E-state index is 0.438. The number of rotatable bonds is 3. The van der Waals surface area contributed by atoms with Crippen LogP contribution in [0.1, 0.15) is 47.8 Å². The maximum Gasteiger partial charge on any atom is 0.159 e. The molecule has 24 heavy (non-hydrogen) atoms. The Hall–Kier alpha value is -2.27. The van der Waals surface area contributed by atoms with Crippen LogP contribution in [-0.4, -0.2) is 31.0 Å². The highest BCUT2D eigenvalue weighted by atomic mass is 15.3. The normalized spacial score (nSPS) is 19.0. The van der Waals surface area contributed by atoms with Gasteiger partial charge >= 0.3 is 0 Å². The summed E-state index contributed by atoms with van der Waals surface area (Å²) in [6.45, 7) is 6.13. The van der Waals surface area contributed by atoms with Crippen LogP contribution in [0.5, 0.6) is 0 Å². The molecule has 0 N–H and O–H groups in total. The molecule has 3 aromatic rings. The van der Waals surface area contributed by atoms with Crippen molar-refractivity contribution in [1.82, 2.24) is 24.5 Å². The Labute approximate surface area is 142 Å². The van der Waals surface area contributed by atoms with Crippen LogP contribution < -0.4 is 0 Å². The van der Waals surface area contributed by atoms with Crippen molar-refractivity contribution in [2.75, 3.05) is 6.54 Å². The van der Waals surface area contributed by atoms with E-state index < -0.39 is 0 Å². The second kappa shape index (κ2) is 6.32. The van der Waals surface area contributed by atoms with Gasteiger partial charge in [0.1, 0.15) is 0 Å². The second-order valence-electron chi connectivity index (χ2n) is 6.71. The number of aryl methyl sites for hydroxylation is 2. The molecular formula is C19H23N5. The lowest BCUT2D eigenvalue weighted by molar-refractivity contribution is 0.140. The smallest absolute Gasteiger partial charge is 0.159 e. The van der Waals surface area contributed by atoms with Gasteiger partial charge in [-0.05, 0) is 50.9 Å². The Bertz CT molecular complexity index is 840. The number of nitrogens with zero attached hydrogens (tertiary/aromatic N) is 5. The zero-order valence-electron chi connectivity index (χ0n) is 14.3.